The summed E-state index contributed by atoms with van der Waals surface area (Å²) in [6.07, 6.45) is 3.93. The number of amidine groups is 1. The summed E-state index contributed by atoms with van der Waals surface area (Å²) in [5.74, 6) is 0.657. The molecule has 0 aromatic heterocycles. The number of thioether (sulfide) groups is 1. The fourth-order valence-electron chi connectivity index (χ4n) is 5.17. The number of aliphatic hydroxyl groups is 1. The van der Waals surface area contributed by atoms with Gasteiger partial charge in [-0.25, -0.2) is 4.39 Å². The molecule has 23 heavy (non-hydrogen) atoms. The molecule has 5 aliphatic rings. The smallest absolute Gasteiger partial charge is 0.245 e. The van der Waals surface area contributed by atoms with E-state index in [4.69, 9.17) is 4.99 Å². The second kappa shape index (κ2) is 4.72. The minimum Gasteiger partial charge on any atom is -0.388 e. The van der Waals surface area contributed by atoms with Gasteiger partial charge in [-0.2, -0.15) is 0 Å². The lowest BCUT2D eigenvalue weighted by molar-refractivity contribution is -0.126. The van der Waals surface area contributed by atoms with E-state index >= 15 is 0 Å². The van der Waals surface area contributed by atoms with E-state index < -0.39 is 16.5 Å². The van der Waals surface area contributed by atoms with Crippen LogP contribution in [-0.2, 0) is 4.79 Å². The molecule has 128 valence electrons. The molecule has 5 rings (SSSR count). The van der Waals surface area contributed by atoms with Crippen LogP contribution >= 0.6 is 11.8 Å². The van der Waals surface area contributed by atoms with Crippen LogP contribution in [0.25, 0.3) is 0 Å². The third kappa shape index (κ3) is 2.28. The number of hydrogen-bond acceptors (Lipinski definition) is 4. The Labute approximate surface area is 140 Å². The van der Waals surface area contributed by atoms with Gasteiger partial charge in [-0.05, 0) is 70.1 Å². The molecule has 0 aromatic carbocycles. The molecular formula is C17H25FN2O2S. The van der Waals surface area contributed by atoms with Crippen molar-refractivity contribution in [2.45, 2.75) is 75.4 Å². The van der Waals surface area contributed by atoms with E-state index in [1.54, 1.807) is 20.8 Å². The van der Waals surface area contributed by atoms with Crippen molar-refractivity contribution in [3.63, 3.8) is 0 Å². The van der Waals surface area contributed by atoms with Crippen LogP contribution in [0.1, 0.15) is 52.9 Å². The quantitative estimate of drug-likeness (QED) is 0.812. The van der Waals surface area contributed by atoms with Crippen molar-refractivity contribution in [2.75, 3.05) is 0 Å². The maximum Gasteiger partial charge on any atom is 0.245 e. The molecule has 4 saturated carbocycles. The summed E-state index contributed by atoms with van der Waals surface area (Å²) in [5, 5.41) is 13.8. The van der Waals surface area contributed by atoms with E-state index in [-0.39, 0.29) is 17.4 Å². The lowest BCUT2D eigenvalue weighted by Gasteiger charge is -2.61. The van der Waals surface area contributed by atoms with Crippen molar-refractivity contribution < 1.29 is 14.3 Å². The molecule has 5 fully saturated rings. The second-order valence-electron chi connectivity index (χ2n) is 8.74. The minimum atomic E-state index is -1.13. The molecule has 0 aromatic rings. The third-order valence-electron chi connectivity index (χ3n) is 6.65. The Hall–Kier alpha value is -0.620. The zero-order valence-corrected chi connectivity index (χ0v) is 14.8. The summed E-state index contributed by atoms with van der Waals surface area (Å²) in [5.41, 5.74) is -0.872. The number of alkyl halides is 1. The van der Waals surface area contributed by atoms with E-state index in [1.165, 1.54) is 11.8 Å². The third-order valence-corrected chi connectivity index (χ3v) is 8.15. The Morgan fingerprint density at radius 2 is 1.96 bits per heavy atom. The predicted molar refractivity (Wildman–Crippen MR) is 89.1 cm³/mol. The topological polar surface area (TPSA) is 61.7 Å². The first-order chi connectivity index (χ1) is 10.6. The fraction of sp³-hybridized carbons (Fsp3) is 0.882. The number of halogens is 1. The largest absolute Gasteiger partial charge is 0.388 e. The van der Waals surface area contributed by atoms with Gasteiger partial charge in [0, 0.05) is 0 Å². The Morgan fingerprint density at radius 1 is 1.30 bits per heavy atom. The van der Waals surface area contributed by atoms with Crippen molar-refractivity contribution in [1.82, 2.24) is 5.32 Å². The van der Waals surface area contributed by atoms with E-state index in [2.05, 4.69) is 5.32 Å². The number of hydrogen-bond donors (Lipinski definition) is 2. The number of carbonyl (C=O) groups is 1. The highest BCUT2D eigenvalue weighted by molar-refractivity contribution is 8.16. The van der Waals surface area contributed by atoms with Gasteiger partial charge in [0.25, 0.3) is 0 Å². The number of nitrogens with one attached hydrogen (secondary N) is 1. The Bertz CT molecular complexity index is 582. The molecule has 0 radical (unpaired) electrons. The number of rotatable bonds is 2. The molecule has 1 saturated heterocycles. The van der Waals surface area contributed by atoms with Gasteiger partial charge in [0.05, 0.1) is 11.6 Å². The van der Waals surface area contributed by atoms with Gasteiger partial charge >= 0.3 is 0 Å². The van der Waals surface area contributed by atoms with Crippen LogP contribution in [0.3, 0.4) is 0 Å². The average Bonchev–Trinajstić information content (AvgIpc) is 2.67. The Balaban J connectivity index is 1.56. The number of carbonyl (C=O) groups excluding carboxylic acids is 1. The van der Waals surface area contributed by atoms with E-state index in [1.807, 2.05) is 0 Å². The lowest BCUT2D eigenvalue weighted by Crippen LogP contribution is -2.57. The number of nitrogens with zero attached hydrogens (tertiary/aromatic N) is 1. The van der Waals surface area contributed by atoms with E-state index in [9.17, 15) is 14.3 Å². The summed E-state index contributed by atoms with van der Waals surface area (Å²) in [7, 11) is 0. The first-order valence-corrected chi connectivity index (χ1v) is 9.38. The lowest BCUT2D eigenvalue weighted by atomic mass is 9.45. The normalized spacial score (nSPS) is 50.7. The molecule has 2 unspecified atom stereocenters. The first kappa shape index (κ1) is 15.9. The van der Waals surface area contributed by atoms with Gasteiger partial charge in [-0.15, -0.1) is 0 Å². The van der Waals surface area contributed by atoms with Crippen molar-refractivity contribution in [3.05, 3.63) is 0 Å². The van der Waals surface area contributed by atoms with Crippen LogP contribution in [0.4, 0.5) is 4.39 Å². The maximum atomic E-state index is 14.0. The van der Waals surface area contributed by atoms with E-state index in [0.717, 1.165) is 25.7 Å². The van der Waals surface area contributed by atoms with Gasteiger partial charge < -0.3 is 10.4 Å². The van der Waals surface area contributed by atoms with Crippen molar-refractivity contribution in [2.24, 2.45) is 22.2 Å². The van der Waals surface area contributed by atoms with Crippen LogP contribution in [0.5, 0.6) is 0 Å². The van der Waals surface area contributed by atoms with Gasteiger partial charge in [0.1, 0.15) is 10.9 Å². The molecule has 1 amide bonds. The monoisotopic (exact) mass is 340 g/mol. The molecule has 1 heterocycles. The molecular weight excluding hydrogens is 315 g/mol. The van der Waals surface area contributed by atoms with Crippen LogP contribution in [0.2, 0.25) is 0 Å². The Morgan fingerprint density at radius 3 is 2.57 bits per heavy atom. The standard InChI is InChI=1S/C17H25FN2O2S/c1-15(2,22)16(3)13(21)20-14(23-16)19-12-9-4-11(18)8-17(5-9)6-10(12)7-17/h9-12,22H,4-8H2,1-3H3,(H,19,20,21)/t9?,10?,11-,12+,16?,17?/m0/s1. The zero-order chi connectivity index (χ0) is 16.6. The molecule has 2 N–H and O–H groups in total. The van der Waals surface area contributed by atoms with Gasteiger partial charge in [0.15, 0.2) is 5.17 Å². The average molecular weight is 340 g/mol. The Kier molecular flexibility index (Phi) is 3.26. The second-order valence-corrected chi connectivity index (χ2v) is 10.2. The summed E-state index contributed by atoms with van der Waals surface area (Å²) >= 11 is 1.32. The number of aliphatic imine (C=N–C) groups is 1. The molecule has 6 heteroatoms. The van der Waals surface area contributed by atoms with Crippen molar-refractivity contribution in [3.8, 4) is 0 Å². The molecule has 3 bridgehead atoms. The molecule has 4 nitrogen and oxygen atoms in total. The van der Waals surface area contributed by atoms with Crippen LogP contribution in [-0.4, -0.2) is 38.7 Å². The summed E-state index contributed by atoms with van der Waals surface area (Å²) in [6, 6.07) is 0.127. The van der Waals surface area contributed by atoms with Crippen LogP contribution in [0, 0.1) is 17.3 Å². The van der Waals surface area contributed by atoms with Crippen LogP contribution in [0.15, 0.2) is 4.99 Å². The highest BCUT2D eigenvalue weighted by Crippen LogP contribution is 2.64. The predicted octanol–water partition coefficient (Wildman–Crippen LogP) is 2.65. The van der Waals surface area contributed by atoms with E-state index in [0.29, 0.717) is 23.4 Å². The van der Waals surface area contributed by atoms with Gasteiger partial charge in [-0.1, -0.05) is 11.8 Å². The fourth-order valence-corrected chi connectivity index (χ4v) is 6.26. The summed E-state index contributed by atoms with van der Waals surface area (Å²) in [6.45, 7) is 5.06. The molecule has 1 spiro atoms. The SMILES string of the molecule is CC(C)(O)C1(C)SC(=N[C@@H]2C3C[C@H](F)CC4(C3)CC2C4)NC1=O. The molecule has 1 aliphatic heterocycles. The zero-order valence-electron chi connectivity index (χ0n) is 13.9. The van der Waals surface area contributed by atoms with Crippen molar-refractivity contribution in [1.29, 1.82) is 0 Å². The van der Waals surface area contributed by atoms with Crippen LogP contribution < -0.4 is 5.32 Å². The molecule has 4 aliphatic carbocycles. The highest BCUT2D eigenvalue weighted by Gasteiger charge is 2.59. The van der Waals surface area contributed by atoms with Crippen molar-refractivity contribution >= 4 is 22.8 Å². The van der Waals surface area contributed by atoms with Gasteiger partial charge in [-0.3, -0.25) is 9.79 Å². The number of amides is 1. The van der Waals surface area contributed by atoms with Gasteiger partial charge in [0.2, 0.25) is 5.91 Å². The maximum absolute atomic E-state index is 14.0. The highest BCUT2D eigenvalue weighted by atomic mass is 32.2. The minimum absolute atomic E-state index is 0.127. The molecule has 4 atom stereocenters. The first-order valence-electron chi connectivity index (χ1n) is 8.57. The summed E-state index contributed by atoms with van der Waals surface area (Å²) < 4.78 is 13.1. The summed E-state index contributed by atoms with van der Waals surface area (Å²) in [4.78, 5) is 17.2.